The SMILES string of the molecule is Clc1ccc(C2CNCCC23CCCOCC3)cc1. The lowest BCUT2D eigenvalue weighted by Crippen LogP contribution is -2.43. The molecular weight excluding hydrogens is 258 g/mol. The minimum absolute atomic E-state index is 0.426. The summed E-state index contributed by atoms with van der Waals surface area (Å²) in [5.74, 6) is 0.597. The Morgan fingerprint density at radius 3 is 2.79 bits per heavy atom. The van der Waals surface area contributed by atoms with E-state index in [4.69, 9.17) is 16.3 Å². The predicted molar refractivity (Wildman–Crippen MR) is 78.8 cm³/mol. The third-order valence-electron chi connectivity index (χ3n) is 4.87. The van der Waals surface area contributed by atoms with Gasteiger partial charge < -0.3 is 10.1 Å². The molecule has 2 unspecified atom stereocenters. The van der Waals surface area contributed by atoms with Crippen molar-refractivity contribution in [1.82, 2.24) is 5.32 Å². The van der Waals surface area contributed by atoms with Gasteiger partial charge in [0.1, 0.15) is 0 Å². The summed E-state index contributed by atoms with van der Waals surface area (Å²) < 4.78 is 5.68. The number of benzene rings is 1. The highest BCUT2D eigenvalue weighted by Crippen LogP contribution is 2.48. The van der Waals surface area contributed by atoms with Gasteiger partial charge in [0, 0.05) is 30.7 Å². The molecule has 0 bridgehead atoms. The molecule has 0 aromatic heterocycles. The van der Waals surface area contributed by atoms with Crippen molar-refractivity contribution in [2.24, 2.45) is 5.41 Å². The molecule has 1 spiro atoms. The Kier molecular flexibility index (Phi) is 4.11. The van der Waals surface area contributed by atoms with Crippen molar-refractivity contribution in [2.45, 2.75) is 31.6 Å². The first-order valence-corrected chi connectivity index (χ1v) is 7.72. The maximum absolute atomic E-state index is 6.02. The zero-order chi connectivity index (χ0) is 13.1. The molecule has 2 atom stereocenters. The molecule has 0 saturated carbocycles. The Morgan fingerprint density at radius 2 is 1.95 bits per heavy atom. The summed E-state index contributed by atoms with van der Waals surface area (Å²) in [6.07, 6.45) is 4.96. The van der Waals surface area contributed by atoms with E-state index in [2.05, 4.69) is 17.4 Å². The first kappa shape index (κ1) is 13.4. The molecule has 19 heavy (non-hydrogen) atoms. The highest BCUT2D eigenvalue weighted by Gasteiger charge is 2.41. The molecule has 2 nitrogen and oxygen atoms in total. The van der Waals surface area contributed by atoms with Crippen LogP contribution in [0, 0.1) is 5.41 Å². The summed E-state index contributed by atoms with van der Waals surface area (Å²) in [7, 11) is 0. The van der Waals surface area contributed by atoms with Gasteiger partial charge in [-0.25, -0.2) is 0 Å². The normalized spacial score (nSPS) is 32.2. The zero-order valence-corrected chi connectivity index (χ0v) is 12.1. The smallest absolute Gasteiger partial charge is 0.0471 e. The van der Waals surface area contributed by atoms with Crippen molar-refractivity contribution >= 4 is 11.6 Å². The molecule has 1 aromatic carbocycles. The van der Waals surface area contributed by atoms with Crippen molar-refractivity contribution in [1.29, 1.82) is 0 Å². The molecule has 0 amide bonds. The molecule has 3 rings (SSSR count). The monoisotopic (exact) mass is 279 g/mol. The molecule has 2 aliphatic rings. The van der Waals surface area contributed by atoms with Crippen LogP contribution in [0.2, 0.25) is 5.02 Å². The zero-order valence-electron chi connectivity index (χ0n) is 11.3. The molecule has 1 aromatic rings. The van der Waals surface area contributed by atoms with Crippen molar-refractivity contribution in [3.05, 3.63) is 34.9 Å². The van der Waals surface area contributed by atoms with Crippen LogP contribution in [0.3, 0.4) is 0 Å². The molecule has 104 valence electrons. The number of halogens is 1. The summed E-state index contributed by atoms with van der Waals surface area (Å²) in [6.45, 7) is 4.08. The molecule has 0 radical (unpaired) electrons. The van der Waals surface area contributed by atoms with Gasteiger partial charge in [0.25, 0.3) is 0 Å². The van der Waals surface area contributed by atoms with Gasteiger partial charge in [-0.05, 0) is 55.3 Å². The summed E-state index contributed by atoms with van der Waals surface area (Å²) in [5.41, 5.74) is 1.86. The first-order chi connectivity index (χ1) is 9.30. The molecule has 2 fully saturated rings. The summed E-state index contributed by atoms with van der Waals surface area (Å²) in [6, 6.07) is 8.44. The standard InChI is InChI=1S/C16H22ClNO/c17-14-4-2-13(3-5-14)15-12-18-9-7-16(15)6-1-10-19-11-8-16/h2-5,15,18H,1,6-12H2. The van der Waals surface area contributed by atoms with Gasteiger partial charge in [0.05, 0.1) is 0 Å². The van der Waals surface area contributed by atoms with E-state index in [1.165, 1.54) is 31.2 Å². The lowest BCUT2D eigenvalue weighted by molar-refractivity contribution is 0.104. The number of piperidine rings is 1. The highest BCUT2D eigenvalue weighted by molar-refractivity contribution is 6.30. The number of nitrogens with one attached hydrogen (secondary N) is 1. The van der Waals surface area contributed by atoms with Gasteiger partial charge in [0.2, 0.25) is 0 Å². The minimum atomic E-state index is 0.426. The third kappa shape index (κ3) is 2.81. The van der Waals surface area contributed by atoms with Crippen LogP contribution >= 0.6 is 11.6 Å². The quantitative estimate of drug-likeness (QED) is 0.848. The average molecular weight is 280 g/mol. The van der Waals surface area contributed by atoms with Gasteiger partial charge in [-0.3, -0.25) is 0 Å². The maximum atomic E-state index is 6.02. The van der Waals surface area contributed by atoms with Crippen LogP contribution in [0.25, 0.3) is 0 Å². The van der Waals surface area contributed by atoms with Gasteiger partial charge in [0.15, 0.2) is 0 Å². The number of hydrogen-bond acceptors (Lipinski definition) is 2. The van der Waals surface area contributed by atoms with Crippen LogP contribution < -0.4 is 5.32 Å². The molecule has 0 aliphatic carbocycles. The van der Waals surface area contributed by atoms with E-state index in [0.29, 0.717) is 11.3 Å². The predicted octanol–water partition coefficient (Wildman–Crippen LogP) is 3.60. The molecule has 3 heteroatoms. The molecular formula is C16H22ClNO. The van der Waals surface area contributed by atoms with Crippen molar-refractivity contribution in [2.75, 3.05) is 26.3 Å². The Bertz CT molecular complexity index is 409. The minimum Gasteiger partial charge on any atom is -0.381 e. The van der Waals surface area contributed by atoms with E-state index < -0.39 is 0 Å². The summed E-state index contributed by atoms with van der Waals surface area (Å²) >= 11 is 6.02. The number of ether oxygens (including phenoxy) is 1. The van der Waals surface area contributed by atoms with Gasteiger partial charge in [-0.1, -0.05) is 23.7 Å². The largest absolute Gasteiger partial charge is 0.381 e. The van der Waals surface area contributed by atoms with Gasteiger partial charge in [-0.2, -0.15) is 0 Å². The number of hydrogen-bond donors (Lipinski definition) is 1. The van der Waals surface area contributed by atoms with Crippen molar-refractivity contribution < 1.29 is 4.74 Å². The Labute approximate surface area is 120 Å². The second-order valence-corrected chi connectivity index (χ2v) is 6.32. The number of rotatable bonds is 1. The summed E-state index contributed by atoms with van der Waals surface area (Å²) in [5, 5.41) is 4.39. The van der Waals surface area contributed by atoms with Crippen molar-refractivity contribution in [3.8, 4) is 0 Å². The second-order valence-electron chi connectivity index (χ2n) is 5.89. The van der Waals surface area contributed by atoms with E-state index in [1.807, 2.05) is 12.1 Å². The molecule has 2 aliphatic heterocycles. The van der Waals surface area contributed by atoms with Crippen LogP contribution in [0.5, 0.6) is 0 Å². The van der Waals surface area contributed by atoms with Crippen LogP contribution in [0.4, 0.5) is 0 Å². The van der Waals surface area contributed by atoms with E-state index in [-0.39, 0.29) is 0 Å². The van der Waals surface area contributed by atoms with Crippen LogP contribution in [0.15, 0.2) is 24.3 Å². The third-order valence-corrected chi connectivity index (χ3v) is 5.12. The van der Waals surface area contributed by atoms with Crippen LogP contribution in [0.1, 0.15) is 37.2 Å². The van der Waals surface area contributed by atoms with Gasteiger partial charge >= 0.3 is 0 Å². The fraction of sp³-hybridized carbons (Fsp3) is 0.625. The Hall–Kier alpha value is -0.570. The Morgan fingerprint density at radius 1 is 1.11 bits per heavy atom. The Balaban J connectivity index is 1.89. The average Bonchev–Trinajstić information content (AvgIpc) is 2.67. The molecule has 1 N–H and O–H groups in total. The van der Waals surface area contributed by atoms with Crippen LogP contribution in [-0.4, -0.2) is 26.3 Å². The summed E-state index contributed by atoms with van der Waals surface area (Å²) in [4.78, 5) is 0. The fourth-order valence-corrected chi connectivity index (χ4v) is 3.89. The highest BCUT2D eigenvalue weighted by atomic mass is 35.5. The van der Waals surface area contributed by atoms with Crippen molar-refractivity contribution in [3.63, 3.8) is 0 Å². The fourth-order valence-electron chi connectivity index (χ4n) is 3.77. The lowest BCUT2D eigenvalue weighted by atomic mass is 9.64. The van der Waals surface area contributed by atoms with Crippen LogP contribution in [-0.2, 0) is 4.74 Å². The van der Waals surface area contributed by atoms with E-state index in [9.17, 15) is 0 Å². The first-order valence-electron chi connectivity index (χ1n) is 7.34. The van der Waals surface area contributed by atoms with E-state index in [1.54, 1.807) is 0 Å². The lowest BCUT2D eigenvalue weighted by Gasteiger charge is -2.44. The topological polar surface area (TPSA) is 21.3 Å². The second kappa shape index (κ2) is 5.82. The van der Waals surface area contributed by atoms with E-state index in [0.717, 1.165) is 31.3 Å². The molecule has 2 saturated heterocycles. The maximum Gasteiger partial charge on any atom is 0.0471 e. The molecule has 2 heterocycles. The van der Waals surface area contributed by atoms with Gasteiger partial charge in [-0.15, -0.1) is 0 Å². The van der Waals surface area contributed by atoms with E-state index >= 15 is 0 Å².